The molecule has 0 bridgehead atoms. The van der Waals surface area contributed by atoms with E-state index in [1.807, 2.05) is 26.0 Å². The van der Waals surface area contributed by atoms with Crippen molar-refractivity contribution in [2.75, 3.05) is 4.72 Å². The van der Waals surface area contributed by atoms with Crippen LogP contribution in [-0.2, 0) is 16.6 Å². The van der Waals surface area contributed by atoms with E-state index >= 15 is 0 Å². The van der Waals surface area contributed by atoms with Gasteiger partial charge in [-0.3, -0.25) is 14.5 Å². The Balaban J connectivity index is 1.70. The van der Waals surface area contributed by atoms with Crippen molar-refractivity contribution in [3.05, 3.63) is 89.2 Å². The number of hydrogen-bond acceptors (Lipinski definition) is 4. The molecule has 3 aromatic rings. The molecule has 1 heterocycles. The van der Waals surface area contributed by atoms with Gasteiger partial charge in [-0.15, -0.1) is 0 Å². The number of pyridine rings is 1. The summed E-state index contributed by atoms with van der Waals surface area (Å²) in [5, 5.41) is 2.78. The Labute approximate surface area is 164 Å². The molecule has 2 aromatic carbocycles. The summed E-state index contributed by atoms with van der Waals surface area (Å²) < 4.78 is 27.9. The molecule has 3 rings (SSSR count). The lowest BCUT2D eigenvalue weighted by Gasteiger charge is -2.12. The third-order valence-electron chi connectivity index (χ3n) is 4.45. The lowest BCUT2D eigenvalue weighted by molar-refractivity contribution is 0.0951. The summed E-state index contributed by atoms with van der Waals surface area (Å²) in [5.41, 5.74) is 3.68. The number of benzene rings is 2. The molecular weight excluding hydrogens is 374 g/mol. The number of anilines is 1. The van der Waals surface area contributed by atoms with Crippen molar-refractivity contribution in [3.8, 4) is 0 Å². The van der Waals surface area contributed by atoms with Gasteiger partial charge < -0.3 is 5.32 Å². The van der Waals surface area contributed by atoms with Crippen LogP contribution >= 0.6 is 0 Å². The summed E-state index contributed by atoms with van der Waals surface area (Å²) >= 11 is 0. The van der Waals surface area contributed by atoms with Gasteiger partial charge in [-0.2, -0.15) is 0 Å². The van der Waals surface area contributed by atoms with Crippen LogP contribution in [0.2, 0.25) is 0 Å². The van der Waals surface area contributed by atoms with E-state index < -0.39 is 10.0 Å². The van der Waals surface area contributed by atoms with E-state index in [1.54, 1.807) is 30.6 Å². The van der Waals surface area contributed by atoms with E-state index in [0.717, 1.165) is 16.7 Å². The fourth-order valence-electron chi connectivity index (χ4n) is 2.64. The number of carbonyl (C=O) groups excluding carboxylic acids is 1. The average Bonchev–Trinajstić information content (AvgIpc) is 2.70. The summed E-state index contributed by atoms with van der Waals surface area (Å²) in [6, 6.07) is 14.9. The van der Waals surface area contributed by atoms with Gasteiger partial charge in [-0.25, -0.2) is 8.42 Å². The van der Waals surface area contributed by atoms with E-state index in [4.69, 9.17) is 0 Å². The maximum Gasteiger partial charge on any atom is 0.261 e. The highest BCUT2D eigenvalue weighted by molar-refractivity contribution is 7.92. The van der Waals surface area contributed by atoms with Crippen LogP contribution in [0.5, 0.6) is 0 Å². The second-order valence-electron chi connectivity index (χ2n) is 6.42. The fraction of sp³-hybridized carbons (Fsp3) is 0.143. The summed E-state index contributed by atoms with van der Waals surface area (Å²) in [6.07, 6.45) is 3.34. The number of nitrogens with zero attached hydrogens (tertiary/aromatic N) is 1. The van der Waals surface area contributed by atoms with Crippen molar-refractivity contribution in [3.63, 3.8) is 0 Å². The topological polar surface area (TPSA) is 88.2 Å². The van der Waals surface area contributed by atoms with Crippen molar-refractivity contribution in [1.29, 1.82) is 0 Å². The van der Waals surface area contributed by atoms with Crippen molar-refractivity contribution in [2.24, 2.45) is 0 Å². The Kier molecular flexibility index (Phi) is 5.75. The zero-order valence-electron chi connectivity index (χ0n) is 15.6. The maximum atomic E-state index is 12.6. The highest BCUT2D eigenvalue weighted by Crippen LogP contribution is 2.22. The minimum absolute atomic E-state index is 0.0946. The van der Waals surface area contributed by atoms with Crippen LogP contribution in [0.25, 0.3) is 0 Å². The molecule has 0 aliphatic heterocycles. The van der Waals surface area contributed by atoms with Crippen molar-refractivity contribution in [2.45, 2.75) is 25.3 Å². The smallest absolute Gasteiger partial charge is 0.261 e. The number of hydrogen-bond donors (Lipinski definition) is 2. The number of rotatable bonds is 6. The van der Waals surface area contributed by atoms with Crippen LogP contribution in [0.1, 0.15) is 27.0 Å². The molecule has 144 valence electrons. The minimum Gasteiger partial charge on any atom is -0.348 e. The first-order valence-corrected chi connectivity index (χ1v) is 10.2. The molecule has 0 atom stereocenters. The van der Waals surface area contributed by atoms with Crippen LogP contribution < -0.4 is 10.0 Å². The molecule has 0 fully saturated rings. The number of amides is 1. The summed E-state index contributed by atoms with van der Waals surface area (Å²) in [4.78, 5) is 16.3. The van der Waals surface area contributed by atoms with Crippen LogP contribution in [0.3, 0.4) is 0 Å². The third kappa shape index (κ3) is 4.55. The van der Waals surface area contributed by atoms with Crippen LogP contribution in [0.15, 0.2) is 71.9 Å². The highest BCUT2D eigenvalue weighted by Gasteiger charge is 2.16. The van der Waals surface area contributed by atoms with E-state index in [-0.39, 0.29) is 10.8 Å². The molecule has 2 N–H and O–H groups in total. The molecule has 0 radical (unpaired) electrons. The van der Waals surface area contributed by atoms with Gasteiger partial charge >= 0.3 is 0 Å². The number of sulfonamides is 1. The molecule has 7 heteroatoms. The summed E-state index contributed by atoms with van der Waals surface area (Å²) in [6.45, 7) is 4.13. The Morgan fingerprint density at radius 2 is 1.75 bits per heavy atom. The van der Waals surface area contributed by atoms with Crippen LogP contribution in [-0.4, -0.2) is 19.3 Å². The van der Waals surface area contributed by atoms with E-state index in [0.29, 0.717) is 17.8 Å². The first kappa shape index (κ1) is 19.6. The van der Waals surface area contributed by atoms with Crippen molar-refractivity contribution >= 4 is 21.6 Å². The fourth-order valence-corrected chi connectivity index (χ4v) is 3.76. The van der Waals surface area contributed by atoms with Gasteiger partial charge in [-0.05, 0) is 66.9 Å². The first-order chi connectivity index (χ1) is 13.4. The van der Waals surface area contributed by atoms with E-state index in [9.17, 15) is 13.2 Å². The third-order valence-corrected chi connectivity index (χ3v) is 5.83. The SMILES string of the molecule is Cc1cccc(NS(=O)(=O)c2ccc(C(=O)NCc3cccnc3)cc2)c1C. The molecule has 1 amide bonds. The quantitative estimate of drug-likeness (QED) is 0.669. The zero-order chi connectivity index (χ0) is 20.1. The molecular formula is C21H21N3O3S. The van der Waals surface area contributed by atoms with Crippen LogP contribution in [0.4, 0.5) is 5.69 Å². The Bertz CT molecular complexity index is 1080. The predicted octanol–water partition coefficient (Wildman–Crippen LogP) is 3.43. The molecule has 6 nitrogen and oxygen atoms in total. The molecule has 0 aliphatic rings. The van der Waals surface area contributed by atoms with Gasteiger partial charge in [0.05, 0.1) is 10.6 Å². The lowest BCUT2D eigenvalue weighted by atomic mass is 10.1. The Hall–Kier alpha value is -3.19. The number of carbonyl (C=O) groups is 1. The number of nitrogens with one attached hydrogen (secondary N) is 2. The molecule has 0 saturated carbocycles. The molecule has 0 spiro atoms. The Morgan fingerprint density at radius 3 is 2.43 bits per heavy atom. The second-order valence-corrected chi connectivity index (χ2v) is 8.10. The van der Waals surface area contributed by atoms with Gasteiger partial charge in [0.15, 0.2) is 0 Å². The van der Waals surface area contributed by atoms with Crippen molar-refractivity contribution < 1.29 is 13.2 Å². The second kappa shape index (κ2) is 8.22. The molecule has 0 aliphatic carbocycles. The molecule has 1 aromatic heterocycles. The van der Waals surface area contributed by atoms with E-state index in [2.05, 4.69) is 15.0 Å². The van der Waals surface area contributed by atoms with Gasteiger partial charge in [0.25, 0.3) is 15.9 Å². The first-order valence-electron chi connectivity index (χ1n) is 8.73. The standard InChI is InChI=1S/C21H21N3O3S/c1-15-5-3-7-20(16(15)2)24-28(26,27)19-10-8-18(9-11-19)21(25)23-14-17-6-4-12-22-13-17/h3-13,24H,14H2,1-2H3,(H,23,25). The summed E-state index contributed by atoms with van der Waals surface area (Å²) in [7, 11) is -3.74. The van der Waals surface area contributed by atoms with Gasteiger partial charge in [-0.1, -0.05) is 18.2 Å². The predicted molar refractivity (Wildman–Crippen MR) is 109 cm³/mol. The normalized spacial score (nSPS) is 11.1. The highest BCUT2D eigenvalue weighted by atomic mass is 32.2. The average molecular weight is 395 g/mol. The Morgan fingerprint density at radius 1 is 1.00 bits per heavy atom. The van der Waals surface area contributed by atoms with Gasteiger partial charge in [0, 0.05) is 24.5 Å². The van der Waals surface area contributed by atoms with Gasteiger partial charge in [0.1, 0.15) is 0 Å². The molecule has 28 heavy (non-hydrogen) atoms. The lowest BCUT2D eigenvalue weighted by Crippen LogP contribution is -2.23. The molecule has 0 unspecified atom stereocenters. The minimum atomic E-state index is -3.74. The van der Waals surface area contributed by atoms with Crippen LogP contribution in [0, 0.1) is 13.8 Å². The largest absolute Gasteiger partial charge is 0.348 e. The maximum absolute atomic E-state index is 12.6. The van der Waals surface area contributed by atoms with Gasteiger partial charge in [0.2, 0.25) is 0 Å². The monoisotopic (exact) mass is 395 g/mol. The van der Waals surface area contributed by atoms with E-state index in [1.165, 1.54) is 24.3 Å². The zero-order valence-corrected chi connectivity index (χ0v) is 16.5. The number of aromatic nitrogens is 1. The number of aryl methyl sites for hydroxylation is 1. The summed E-state index contributed by atoms with van der Waals surface area (Å²) in [5.74, 6) is -0.282. The van der Waals surface area contributed by atoms with Crippen molar-refractivity contribution in [1.82, 2.24) is 10.3 Å². The molecule has 0 saturated heterocycles.